The van der Waals surface area contributed by atoms with Crippen molar-refractivity contribution < 1.29 is 22.8 Å². The molecule has 19 heavy (non-hydrogen) atoms. The lowest BCUT2D eigenvalue weighted by atomic mass is 10.2. The number of aromatic amines is 1. The first-order valence-electron chi connectivity index (χ1n) is 4.95. The van der Waals surface area contributed by atoms with E-state index in [2.05, 4.69) is 10.4 Å². The Hall–Kier alpha value is -1.64. The Morgan fingerprint density at radius 1 is 1.26 bits per heavy atom. The van der Waals surface area contributed by atoms with Crippen LogP contribution in [0.3, 0.4) is 0 Å². The molecule has 0 saturated carbocycles. The number of pyridine rings is 1. The van der Waals surface area contributed by atoms with E-state index in [9.17, 15) is 22.8 Å². The molecule has 0 aliphatic rings. The van der Waals surface area contributed by atoms with Crippen molar-refractivity contribution >= 4 is 39.8 Å². The second-order valence-electron chi connectivity index (χ2n) is 3.71. The van der Waals surface area contributed by atoms with E-state index in [-0.39, 0.29) is 0 Å². The van der Waals surface area contributed by atoms with Gasteiger partial charge in [-0.2, -0.15) is 8.42 Å². The van der Waals surface area contributed by atoms with E-state index >= 15 is 0 Å². The summed E-state index contributed by atoms with van der Waals surface area (Å²) in [5, 5.41) is -0.162. The third kappa shape index (κ3) is 2.70. The van der Waals surface area contributed by atoms with E-state index < -0.39 is 27.8 Å². The summed E-state index contributed by atoms with van der Waals surface area (Å²) in [6.07, 6.45) is 0. The van der Waals surface area contributed by atoms with Gasteiger partial charge in [-0.05, 0) is 24.3 Å². The highest BCUT2D eigenvalue weighted by Crippen LogP contribution is 2.34. The van der Waals surface area contributed by atoms with Crippen LogP contribution in [0.4, 0.5) is 5.69 Å². The molecule has 0 fully saturated rings. The van der Waals surface area contributed by atoms with Crippen molar-refractivity contribution in [1.29, 1.82) is 0 Å². The Bertz CT molecular complexity index is 859. The van der Waals surface area contributed by atoms with Gasteiger partial charge in [0.05, 0.1) is 0 Å². The molecule has 2 aromatic rings. The van der Waals surface area contributed by atoms with Crippen LogP contribution in [0, 0.1) is 4.64 Å². The summed E-state index contributed by atoms with van der Waals surface area (Å²) in [6, 6.07) is 5.79. The highest BCUT2D eigenvalue weighted by atomic mass is 32.2. The summed E-state index contributed by atoms with van der Waals surface area (Å²) in [5.41, 5.74) is 3.32. The normalized spacial score (nSPS) is 11.5. The lowest BCUT2D eigenvalue weighted by Crippen LogP contribution is -2.10. The largest absolute Gasteiger partial charge is 0.359 e. The second kappa shape index (κ2) is 4.80. The van der Waals surface area contributed by atoms with Crippen LogP contribution in [0.2, 0.25) is 0 Å². The molecule has 1 aromatic heterocycles. The second-order valence-corrected chi connectivity index (χ2v) is 6.16. The van der Waals surface area contributed by atoms with Gasteiger partial charge < -0.3 is 20.2 Å². The van der Waals surface area contributed by atoms with Gasteiger partial charge in [0.25, 0.3) is 0 Å². The number of H-pyrrole nitrogens is 1. The van der Waals surface area contributed by atoms with Gasteiger partial charge in [-0.3, -0.25) is 10.4 Å². The molecule has 1 aromatic carbocycles. The van der Waals surface area contributed by atoms with E-state index in [0.717, 1.165) is 6.07 Å². The van der Waals surface area contributed by atoms with Crippen molar-refractivity contribution in [2.75, 3.05) is 5.43 Å². The summed E-state index contributed by atoms with van der Waals surface area (Å²) in [7, 11) is -7.50. The molecular weight excluding hydrogens is 293 g/mol. The van der Waals surface area contributed by atoms with Crippen LogP contribution >= 0.6 is 7.60 Å². The first kappa shape index (κ1) is 13.8. The van der Waals surface area contributed by atoms with Gasteiger partial charge in [0.2, 0.25) is 10.3 Å². The molecule has 8 nitrogen and oxygen atoms in total. The molecule has 10 heteroatoms. The van der Waals surface area contributed by atoms with Crippen LogP contribution in [0.25, 0.3) is 10.9 Å². The SMILES string of the molecule is NNc1ccc2[nH]c(=S(=O)=O)c(P(=O)(O)O)cc2c1. The number of fused-ring (bicyclic) bond motifs is 1. The number of nitrogen functional groups attached to an aromatic ring is 1. The van der Waals surface area contributed by atoms with Gasteiger partial charge in [-0.15, -0.1) is 0 Å². The van der Waals surface area contributed by atoms with Crippen LogP contribution in [0.1, 0.15) is 0 Å². The molecule has 6 N–H and O–H groups in total. The molecule has 0 saturated heterocycles. The average Bonchev–Trinajstić information content (AvgIpc) is 2.35. The van der Waals surface area contributed by atoms with Crippen molar-refractivity contribution in [2.45, 2.75) is 0 Å². The summed E-state index contributed by atoms with van der Waals surface area (Å²) in [6.45, 7) is 0. The maximum atomic E-state index is 11.3. The summed E-state index contributed by atoms with van der Waals surface area (Å²) in [5.74, 6) is 5.23. The summed E-state index contributed by atoms with van der Waals surface area (Å²) >= 11 is 0. The zero-order chi connectivity index (χ0) is 14.2. The minimum absolute atomic E-state index is 0.412. The van der Waals surface area contributed by atoms with Gasteiger partial charge >= 0.3 is 7.60 Å². The van der Waals surface area contributed by atoms with Gasteiger partial charge in [0.1, 0.15) is 5.30 Å². The highest BCUT2D eigenvalue weighted by molar-refractivity contribution is 7.66. The van der Waals surface area contributed by atoms with Crippen molar-refractivity contribution in [2.24, 2.45) is 5.84 Å². The van der Waals surface area contributed by atoms with Crippen LogP contribution in [-0.2, 0) is 14.9 Å². The van der Waals surface area contributed by atoms with Gasteiger partial charge in [0, 0.05) is 16.6 Å². The topological polar surface area (TPSA) is 146 Å². The number of rotatable bonds is 2. The maximum absolute atomic E-state index is 11.3. The molecule has 0 aliphatic carbocycles. The molecule has 2 rings (SSSR count). The van der Waals surface area contributed by atoms with Crippen LogP contribution < -0.4 is 16.6 Å². The minimum atomic E-state index is -4.71. The first-order chi connectivity index (χ1) is 8.82. The first-order valence-corrected chi connectivity index (χ1v) is 7.63. The van der Waals surface area contributed by atoms with E-state index in [1.54, 1.807) is 12.1 Å². The fraction of sp³-hybridized carbons (Fsp3) is 0. The quantitative estimate of drug-likeness (QED) is 0.221. The number of nitrogens with two attached hydrogens (primary N) is 1. The monoisotopic (exact) mass is 303 g/mol. The van der Waals surface area contributed by atoms with Crippen molar-refractivity contribution in [3.05, 3.63) is 28.9 Å². The number of hydrogen-bond donors (Lipinski definition) is 5. The Morgan fingerprint density at radius 2 is 1.95 bits per heavy atom. The fourth-order valence-electron chi connectivity index (χ4n) is 1.63. The Morgan fingerprint density at radius 3 is 2.47 bits per heavy atom. The number of benzene rings is 1. The van der Waals surface area contributed by atoms with Crippen LogP contribution in [0.15, 0.2) is 24.3 Å². The number of aromatic nitrogens is 1. The lowest BCUT2D eigenvalue weighted by molar-refractivity contribution is 0.387. The number of anilines is 1. The van der Waals surface area contributed by atoms with Crippen LogP contribution in [-0.4, -0.2) is 23.2 Å². The summed E-state index contributed by atoms with van der Waals surface area (Å²) in [4.78, 5) is 20.8. The molecule has 102 valence electrons. The van der Waals surface area contributed by atoms with Crippen molar-refractivity contribution in [1.82, 2.24) is 4.98 Å². The van der Waals surface area contributed by atoms with Gasteiger partial charge in [0.15, 0.2) is 4.64 Å². The molecule has 0 spiro atoms. The van der Waals surface area contributed by atoms with Crippen molar-refractivity contribution in [3.63, 3.8) is 0 Å². The average molecular weight is 303 g/mol. The van der Waals surface area contributed by atoms with Gasteiger partial charge in [-0.1, -0.05) is 0 Å². The third-order valence-corrected chi connectivity index (χ3v) is 4.26. The van der Waals surface area contributed by atoms with E-state index in [1.807, 2.05) is 0 Å². The molecule has 0 amide bonds. The zero-order valence-electron chi connectivity index (χ0n) is 9.36. The van der Waals surface area contributed by atoms with E-state index in [4.69, 9.17) is 5.84 Å². The van der Waals surface area contributed by atoms with E-state index in [0.29, 0.717) is 16.6 Å². The molecule has 0 radical (unpaired) electrons. The highest BCUT2D eigenvalue weighted by Gasteiger charge is 2.21. The number of hydrogen-bond acceptors (Lipinski definition) is 5. The molecule has 0 aliphatic heterocycles. The number of nitrogens with one attached hydrogen (secondary N) is 2. The third-order valence-electron chi connectivity index (χ3n) is 2.47. The smallest absolute Gasteiger partial charge is 0.342 e. The maximum Gasteiger partial charge on any atom is 0.359 e. The Kier molecular flexibility index (Phi) is 3.48. The summed E-state index contributed by atoms with van der Waals surface area (Å²) < 4.78 is 32.8. The molecule has 0 bridgehead atoms. The lowest BCUT2D eigenvalue weighted by Gasteiger charge is -2.07. The van der Waals surface area contributed by atoms with E-state index in [1.165, 1.54) is 6.07 Å². The molecule has 0 atom stereocenters. The van der Waals surface area contributed by atoms with Crippen LogP contribution in [0.5, 0.6) is 0 Å². The minimum Gasteiger partial charge on any atom is -0.342 e. The Labute approximate surface area is 108 Å². The Balaban J connectivity index is 2.98. The van der Waals surface area contributed by atoms with Crippen molar-refractivity contribution in [3.8, 4) is 0 Å². The van der Waals surface area contributed by atoms with Gasteiger partial charge in [-0.25, -0.2) is 0 Å². The predicted octanol–water partition coefficient (Wildman–Crippen LogP) is -0.332. The molecular formula is C9H10N3O5PS. The molecule has 1 heterocycles. The fourth-order valence-corrected chi connectivity index (χ4v) is 3.26. The number of hydrazine groups is 1. The molecule has 0 unspecified atom stereocenters. The standard InChI is InChI=1S/C9H10N3O5PS/c10-12-6-1-2-7-5(3-6)4-8(18(13,14)15)9(11-7)19(16)17/h1-4,11-12H,10H2,(H2,13,14,15). The predicted molar refractivity (Wildman–Crippen MR) is 69.9 cm³/mol. The zero-order valence-corrected chi connectivity index (χ0v) is 11.1.